The van der Waals surface area contributed by atoms with Gasteiger partial charge in [0, 0.05) is 17.0 Å². The van der Waals surface area contributed by atoms with E-state index in [0.29, 0.717) is 6.42 Å². The molecule has 2 aliphatic rings. The molecule has 0 aromatic carbocycles. The van der Waals surface area contributed by atoms with Crippen LogP contribution in [0.2, 0.25) is 0 Å². The Balaban J connectivity index is 1.64. The topological polar surface area (TPSA) is 52.1 Å². The molecule has 1 fully saturated rings. The Bertz CT molecular complexity index is 500. The van der Waals surface area contributed by atoms with Gasteiger partial charge in [0.25, 0.3) is 0 Å². The molecular formula is C14H18N2O2S. The van der Waals surface area contributed by atoms with Crippen molar-refractivity contribution in [1.82, 2.24) is 9.97 Å². The quantitative estimate of drug-likeness (QED) is 0.470. The van der Waals surface area contributed by atoms with Gasteiger partial charge in [-0.05, 0) is 37.5 Å². The number of aryl methyl sites for hydroxylation is 1. The maximum atomic E-state index is 11.4. The van der Waals surface area contributed by atoms with E-state index in [-0.39, 0.29) is 11.4 Å². The molecular weight excluding hydrogens is 260 g/mol. The van der Waals surface area contributed by atoms with Gasteiger partial charge in [-0.3, -0.25) is 4.79 Å². The maximum Gasteiger partial charge on any atom is 0.306 e. The predicted molar refractivity (Wildman–Crippen MR) is 73.1 cm³/mol. The number of thioether (sulfide) groups is 1. The van der Waals surface area contributed by atoms with Gasteiger partial charge in [0.05, 0.1) is 13.5 Å². The number of rotatable bonds is 5. The summed E-state index contributed by atoms with van der Waals surface area (Å²) >= 11 is 1.79. The van der Waals surface area contributed by atoms with Crippen LogP contribution in [0.5, 0.6) is 0 Å². The number of ether oxygens (including phenoxy) is 1. The molecule has 4 nitrogen and oxygen atoms in total. The van der Waals surface area contributed by atoms with Crippen LogP contribution >= 0.6 is 11.8 Å². The second-order valence-corrected chi connectivity index (χ2v) is 6.46. The zero-order valence-electron chi connectivity index (χ0n) is 11.1. The van der Waals surface area contributed by atoms with E-state index in [9.17, 15) is 4.79 Å². The lowest BCUT2D eigenvalue weighted by atomic mass is 10.1. The van der Waals surface area contributed by atoms with Gasteiger partial charge in [0.1, 0.15) is 11.4 Å². The van der Waals surface area contributed by atoms with Gasteiger partial charge in [0.2, 0.25) is 0 Å². The average Bonchev–Trinajstić information content (AvgIpc) is 3.01. The second kappa shape index (κ2) is 5.12. The largest absolute Gasteiger partial charge is 0.469 e. The van der Waals surface area contributed by atoms with Crippen LogP contribution in [0.1, 0.15) is 36.9 Å². The molecule has 19 heavy (non-hydrogen) atoms. The van der Waals surface area contributed by atoms with E-state index >= 15 is 0 Å². The number of methoxy groups -OCH3 is 1. The fourth-order valence-electron chi connectivity index (χ4n) is 2.60. The molecule has 0 amide bonds. The summed E-state index contributed by atoms with van der Waals surface area (Å²) in [4.78, 5) is 20.2. The highest BCUT2D eigenvalue weighted by Crippen LogP contribution is 2.52. The van der Waals surface area contributed by atoms with Crippen LogP contribution in [0.4, 0.5) is 0 Å². The van der Waals surface area contributed by atoms with Gasteiger partial charge < -0.3 is 4.74 Å². The molecule has 1 heterocycles. The molecule has 2 aliphatic carbocycles. The number of carbonyl (C=O) groups excluding carboxylic acids is 1. The molecule has 0 spiro atoms. The SMILES string of the molecule is COC(=O)CC1(CSc2ncnc3c2CCC3)CC1. The molecule has 0 N–H and O–H groups in total. The fraction of sp³-hybridized carbons (Fsp3) is 0.643. The lowest BCUT2D eigenvalue weighted by Crippen LogP contribution is -2.13. The first-order valence-electron chi connectivity index (χ1n) is 6.75. The van der Waals surface area contributed by atoms with Gasteiger partial charge in [0.15, 0.2) is 0 Å². The number of carbonyl (C=O) groups is 1. The molecule has 3 rings (SSSR count). The maximum absolute atomic E-state index is 11.4. The van der Waals surface area contributed by atoms with Gasteiger partial charge in [-0.1, -0.05) is 0 Å². The Morgan fingerprint density at radius 2 is 2.26 bits per heavy atom. The standard InChI is InChI=1S/C14H18N2O2S/c1-18-12(17)7-14(5-6-14)8-19-13-10-3-2-4-11(10)15-9-16-13/h9H,2-8H2,1H3. The highest BCUT2D eigenvalue weighted by molar-refractivity contribution is 7.99. The Hall–Kier alpha value is -1.10. The van der Waals surface area contributed by atoms with Crippen molar-refractivity contribution in [1.29, 1.82) is 0 Å². The third-order valence-electron chi connectivity index (χ3n) is 4.05. The zero-order chi connectivity index (χ0) is 13.3. The first-order valence-corrected chi connectivity index (χ1v) is 7.73. The van der Waals surface area contributed by atoms with Gasteiger partial charge in [-0.25, -0.2) is 9.97 Å². The van der Waals surface area contributed by atoms with Crippen molar-refractivity contribution in [2.75, 3.05) is 12.9 Å². The number of nitrogens with zero attached hydrogens (tertiary/aromatic N) is 2. The fourth-order valence-corrected chi connectivity index (χ4v) is 3.95. The zero-order valence-corrected chi connectivity index (χ0v) is 12.0. The van der Waals surface area contributed by atoms with E-state index < -0.39 is 0 Å². The molecule has 0 radical (unpaired) electrons. The molecule has 0 bridgehead atoms. The van der Waals surface area contributed by atoms with Crippen molar-refractivity contribution < 1.29 is 9.53 Å². The molecule has 0 aliphatic heterocycles. The normalized spacial score (nSPS) is 19.0. The van der Waals surface area contributed by atoms with Crippen molar-refractivity contribution in [2.45, 2.75) is 43.6 Å². The average molecular weight is 278 g/mol. The van der Waals surface area contributed by atoms with Gasteiger partial charge >= 0.3 is 5.97 Å². The number of aromatic nitrogens is 2. The van der Waals surface area contributed by atoms with Gasteiger partial charge in [-0.15, -0.1) is 11.8 Å². The second-order valence-electron chi connectivity index (χ2n) is 5.50. The highest BCUT2D eigenvalue weighted by atomic mass is 32.2. The molecule has 0 saturated heterocycles. The molecule has 5 heteroatoms. The van der Waals surface area contributed by atoms with Crippen molar-refractivity contribution in [3.8, 4) is 0 Å². The Morgan fingerprint density at radius 3 is 3.00 bits per heavy atom. The molecule has 1 aromatic rings. The summed E-state index contributed by atoms with van der Waals surface area (Å²) in [6, 6.07) is 0. The number of fused-ring (bicyclic) bond motifs is 1. The Morgan fingerprint density at radius 1 is 1.42 bits per heavy atom. The summed E-state index contributed by atoms with van der Waals surface area (Å²) in [6.45, 7) is 0. The summed E-state index contributed by atoms with van der Waals surface area (Å²) < 4.78 is 4.78. The first-order chi connectivity index (χ1) is 9.22. The third kappa shape index (κ3) is 2.76. The lowest BCUT2D eigenvalue weighted by molar-refractivity contribution is -0.141. The molecule has 1 aromatic heterocycles. The van der Waals surface area contributed by atoms with Crippen LogP contribution < -0.4 is 0 Å². The smallest absolute Gasteiger partial charge is 0.306 e. The van der Waals surface area contributed by atoms with Crippen molar-refractivity contribution in [3.63, 3.8) is 0 Å². The molecule has 0 unspecified atom stereocenters. The number of esters is 1. The predicted octanol–water partition coefficient (Wildman–Crippen LogP) is 2.40. The van der Waals surface area contributed by atoms with E-state index in [0.717, 1.165) is 36.5 Å². The number of hydrogen-bond donors (Lipinski definition) is 0. The van der Waals surface area contributed by atoms with E-state index in [4.69, 9.17) is 4.74 Å². The summed E-state index contributed by atoms with van der Waals surface area (Å²) in [5.74, 6) is 0.872. The monoisotopic (exact) mass is 278 g/mol. The molecule has 102 valence electrons. The van der Waals surface area contributed by atoms with Crippen LogP contribution in [0.15, 0.2) is 11.4 Å². The summed E-state index contributed by atoms with van der Waals surface area (Å²) in [5, 5.41) is 1.12. The van der Waals surface area contributed by atoms with Crippen LogP contribution in [0, 0.1) is 5.41 Å². The summed E-state index contributed by atoms with van der Waals surface area (Å²) in [5.41, 5.74) is 2.71. The van der Waals surface area contributed by atoms with Gasteiger partial charge in [-0.2, -0.15) is 0 Å². The van der Waals surface area contributed by atoms with E-state index in [1.807, 2.05) is 0 Å². The van der Waals surface area contributed by atoms with Crippen LogP contribution in [0.3, 0.4) is 0 Å². The third-order valence-corrected chi connectivity index (χ3v) is 5.44. The van der Waals surface area contributed by atoms with E-state index in [1.165, 1.54) is 24.8 Å². The lowest BCUT2D eigenvalue weighted by Gasteiger charge is -2.13. The minimum atomic E-state index is -0.0917. The van der Waals surface area contributed by atoms with Crippen molar-refractivity contribution in [2.24, 2.45) is 5.41 Å². The highest BCUT2D eigenvalue weighted by Gasteiger charge is 2.44. The van der Waals surface area contributed by atoms with E-state index in [1.54, 1.807) is 18.1 Å². The summed E-state index contributed by atoms with van der Waals surface area (Å²) in [6.07, 6.45) is 7.84. The minimum Gasteiger partial charge on any atom is -0.469 e. The van der Waals surface area contributed by atoms with Crippen LogP contribution in [0.25, 0.3) is 0 Å². The van der Waals surface area contributed by atoms with Crippen LogP contribution in [-0.2, 0) is 22.4 Å². The van der Waals surface area contributed by atoms with Crippen LogP contribution in [-0.4, -0.2) is 28.8 Å². The van der Waals surface area contributed by atoms with Crippen molar-refractivity contribution in [3.05, 3.63) is 17.6 Å². The van der Waals surface area contributed by atoms with E-state index in [2.05, 4.69) is 9.97 Å². The Labute approximate surface area is 117 Å². The number of hydrogen-bond acceptors (Lipinski definition) is 5. The van der Waals surface area contributed by atoms with Crippen molar-refractivity contribution >= 4 is 17.7 Å². The molecule has 0 atom stereocenters. The molecule has 1 saturated carbocycles. The minimum absolute atomic E-state index is 0.0917. The first kappa shape index (κ1) is 12.9. The Kier molecular flexibility index (Phi) is 3.48. The summed E-state index contributed by atoms with van der Waals surface area (Å²) in [7, 11) is 1.46.